The van der Waals surface area contributed by atoms with Crippen molar-refractivity contribution >= 4 is 21.9 Å². The quantitative estimate of drug-likeness (QED) is 0.809. The third kappa shape index (κ3) is 3.68. The summed E-state index contributed by atoms with van der Waals surface area (Å²) in [5.41, 5.74) is -0.232. The Morgan fingerprint density at radius 3 is 2.59 bits per heavy atom. The van der Waals surface area contributed by atoms with Crippen molar-refractivity contribution in [1.82, 2.24) is 4.31 Å². The van der Waals surface area contributed by atoms with Crippen molar-refractivity contribution < 1.29 is 22.7 Å². The average Bonchev–Trinajstić information content (AvgIpc) is 2.20. The number of aliphatic carboxylic acids is 1. The second kappa shape index (κ2) is 5.11. The first kappa shape index (κ1) is 13.4. The molecule has 8 heteroatoms. The Hall–Kier alpha value is -1.67. The van der Waals surface area contributed by atoms with Gasteiger partial charge in [0, 0.05) is 7.05 Å². The number of para-hydroxylation sites is 1. The molecule has 0 heterocycles. The number of carbonyl (C=O) groups is 1. The Labute approximate surface area is 97.9 Å². The lowest BCUT2D eigenvalue weighted by atomic mass is 10.3. The molecule has 0 aliphatic carbocycles. The zero-order valence-electron chi connectivity index (χ0n) is 8.92. The molecule has 0 unspecified atom stereocenters. The van der Waals surface area contributed by atoms with Crippen LogP contribution in [0, 0.1) is 5.82 Å². The van der Waals surface area contributed by atoms with Gasteiger partial charge in [-0.3, -0.25) is 9.52 Å². The highest BCUT2D eigenvalue weighted by atomic mass is 32.2. The molecule has 0 radical (unpaired) electrons. The molecule has 0 aliphatic rings. The van der Waals surface area contributed by atoms with E-state index in [4.69, 9.17) is 5.11 Å². The summed E-state index contributed by atoms with van der Waals surface area (Å²) in [5.74, 6) is -2.04. The summed E-state index contributed by atoms with van der Waals surface area (Å²) in [6.45, 7) is -0.705. The minimum Gasteiger partial charge on any atom is -0.480 e. The van der Waals surface area contributed by atoms with Gasteiger partial charge in [0.1, 0.15) is 12.4 Å². The Morgan fingerprint density at radius 2 is 2.06 bits per heavy atom. The summed E-state index contributed by atoms with van der Waals surface area (Å²) < 4.78 is 38.9. The van der Waals surface area contributed by atoms with E-state index >= 15 is 0 Å². The highest BCUT2D eigenvalue weighted by molar-refractivity contribution is 7.90. The van der Waals surface area contributed by atoms with Gasteiger partial charge < -0.3 is 5.11 Å². The summed E-state index contributed by atoms with van der Waals surface area (Å²) >= 11 is 0. The second-order valence-corrected chi connectivity index (χ2v) is 5.01. The van der Waals surface area contributed by atoms with Crippen molar-refractivity contribution in [3.8, 4) is 0 Å². The predicted molar refractivity (Wildman–Crippen MR) is 59.2 cm³/mol. The number of rotatable bonds is 5. The van der Waals surface area contributed by atoms with Gasteiger partial charge >= 0.3 is 16.2 Å². The number of anilines is 1. The van der Waals surface area contributed by atoms with E-state index in [1.54, 1.807) is 0 Å². The fourth-order valence-corrected chi connectivity index (χ4v) is 1.92. The van der Waals surface area contributed by atoms with Crippen LogP contribution in [0.3, 0.4) is 0 Å². The Kier molecular flexibility index (Phi) is 4.02. The van der Waals surface area contributed by atoms with Crippen LogP contribution < -0.4 is 4.72 Å². The molecule has 0 atom stereocenters. The molecule has 0 aliphatic heterocycles. The molecule has 1 aromatic rings. The van der Waals surface area contributed by atoms with Crippen LogP contribution in [0.5, 0.6) is 0 Å². The number of carboxylic acid groups (broad SMARTS) is 1. The molecular formula is C9H11FN2O4S. The number of halogens is 1. The van der Waals surface area contributed by atoms with Crippen molar-refractivity contribution in [3.05, 3.63) is 30.1 Å². The third-order valence-electron chi connectivity index (χ3n) is 1.88. The zero-order valence-corrected chi connectivity index (χ0v) is 9.74. The molecular weight excluding hydrogens is 251 g/mol. The number of carboxylic acids is 1. The van der Waals surface area contributed by atoms with Crippen molar-refractivity contribution in [2.24, 2.45) is 0 Å². The molecule has 0 saturated carbocycles. The van der Waals surface area contributed by atoms with Gasteiger partial charge in [0.15, 0.2) is 0 Å². The number of hydrogen-bond acceptors (Lipinski definition) is 3. The number of nitrogens with one attached hydrogen (secondary N) is 1. The van der Waals surface area contributed by atoms with Gasteiger partial charge in [-0.25, -0.2) is 4.39 Å². The van der Waals surface area contributed by atoms with Crippen LogP contribution >= 0.6 is 0 Å². The lowest BCUT2D eigenvalue weighted by molar-refractivity contribution is -0.137. The maximum atomic E-state index is 13.2. The maximum Gasteiger partial charge on any atom is 0.318 e. The van der Waals surface area contributed by atoms with Gasteiger partial charge in [-0.1, -0.05) is 12.1 Å². The predicted octanol–water partition coefficient (Wildman–Crippen LogP) is 0.499. The molecule has 0 saturated heterocycles. The van der Waals surface area contributed by atoms with E-state index in [9.17, 15) is 17.6 Å². The zero-order chi connectivity index (χ0) is 13.1. The van der Waals surface area contributed by atoms with Crippen LogP contribution in [-0.4, -0.2) is 37.4 Å². The number of benzene rings is 1. The molecule has 17 heavy (non-hydrogen) atoms. The normalized spacial score (nSPS) is 11.5. The number of hydrogen-bond donors (Lipinski definition) is 2. The first-order chi connectivity index (χ1) is 7.83. The van der Waals surface area contributed by atoms with E-state index in [0.29, 0.717) is 4.31 Å². The van der Waals surface area contributed by atoms with Gasteiger partial charge in [0.2, 0.25) is 0 Å². The Morgan fingerprint density at radius 1 is 1.47 bits per heavy atom. The molecule has 94 valence electrons. The van der Waals surface area contributed by atoms with Crippen molar-refractivity contribution in [3.63, 3.8) is 0 Å². The smallest absolute Gasteiger partial charge is 0.318 e. The van der Waals surface area contributed by atoms with Crippen molar-refractivity contribution in [2.45, 2.75) is 0 Å². The minimum absolute atomic E-state index is 0.232. The van der Waals surface area contributed by atoms with Crippen molar-refractivity contribution in [1.29, 1.82) is 0 Å². The molecule has 0 amide bonds. The summed E-state index contributed by atoms with van der Waals surface area (Å²) in [6.07, 6.45) is 0. The molecule has 2 N–H and O–H groups in total. The van der Waals surface area contributed by atoms with E-state index in [0.717, 1.165) is 13.1 Å². The largest absolute Gasteiger partial charge is 0.480 e. The fraction of sp³-hybridized carbons (Fsp3) is 0.222. The first-order valence-electron chi connectivity index (χ1n) is 4.53. The molecule has 0 fully saturated rings. The summed E-state index contributed by atoms with van der Waals surface area (Å²) in [4.78, 5) is 10.4. The summed E-state index contributed by atoms with van der Waals surface area (Å²) in [7, 11) is -2.99. The molecule has 0 bridgehead atoms. The van der Waals surface area contributed by atoms with E-state index in [-0.39, 0.29) is 5.69 Å². The number of nitrogens with zero attached hydrogens (tertiary/aromatic N) is 1. The standard InChI is InChI=1S/C9H11FN2O4S/c1-12(6-9(13)14)17(15,16)11-8-5-3-2-4-7(8)10/h2-5,11H,6H2,1H3,(H,13,14). The second-order valence-electron chi connectivity index (χ2n) is 3.24. The van der Waals surface area contributed by atoms with Crippen LogP contribution in [0.2, 0.25) is 0 Å². The maximum absolute atomic E-state index is 13.2. The van der Waals surface area contributed by atoms with Gasteiger partial charge in [0.25, 0.3) is 0 Å². The highest BCUT2D eigenvalue weighted by Crippen LogP contribution is 2.15. The lowest BCUT2D eigenvalue weighted by Crippen LogP contribution is -2.36. The van der Waals surface area contributed by atoms with E-state index in [2.05, 4.69) is 0 Å². The minimum atomic E-state index is -4.07. The van der Waals surface area contributed by atoms with Gasteiger partial charge in [-0.2, -0.15) is 12.7 Å². The monoisotopic (exact) mass is 262 g/mol. The van der Waals surface area contributed by atoms with Gasteiger partial charge in [-0.05, 0) is 12.1 Å². The van der Waals surface area contributed by atoms with Crippen LogP contribution in [-0.2, 0) is 15.0 Å². The van der Waals surface area contributed by atoms with E-state index in [1.165, 1.54) is 18.2 Å². The molecule has 1 aromatic carbocycles. The number of likely N-dealkylation sites (N-methyl/N-ethyl adjacent to an activating group) is 1. The lowest BCUT2D eigenvalue weighted by Gasteiger charge is -2.16. The molecule has 6 nitrogen and oxygen atoms in total. The Balaban J connectivity index is 2.87. The molecule has 1 rings (SSSR count). The average molecular weight is 262 g/mol. The first-order valence-corrected chi connectivity index (χ1v) is 5.97. The third-order valence-corrected chi connectivity index (χ3v) is 3.31. The van der Waals surface area contributed by atoms with Crippen LogP contribution in [0.15, 0.2) is 24.3 Å². The van der Waals surface area contributed by atoms with Crippen LogP contribution in [0.4, 0.5) is 10.1 Å². The SMILES string of the molecule is CN(CC(=O)O)S(=O)(=O)Nc1ccccc1F. The van der Waals surface area contributed by atoms with Crippen LogP contribution in [0.1, 0.15) is 0 Å². The van der Waals surface area contributed by atoms with Gasteiger partial charge in [-0.15, -0.1) is 0 Å². The highest BCUT2D eigenvalue weighted by Gasteiger charge is 2.21. The van der Waals surface area contributed by atoms with E-state index in [1.807, 2.05) is 4.72 Å². The van der Waals surface area contributed by atoms with E-state index < -0.39 is 28.5 Å². The van der Waals surface area contributed by atoms with Crippen molar-refractivity contribution in [2.75, 3.05) is 18.3 Å². The Bertz CT molecular complexity index is 517. The summed E-state index contributed by atoms with van der Waals surface area (Å²) in [5, 5.41) is 8.46. The summed E-state index contributed by atoms with van der Waals surface area (Å²) in [6, 6.07) is 5.20. The van der Waals surface area contributed by atoms with Crippen LogP contribution in [0.25, 0.3) is 0 Å². The van der Waals surface area contributed by atoms with Gasteiger partial charge in [0.05, 0.1) is 5.69 Å². The fourth-order valence-electron chi connectivity index (χ4n) is 1.04. The molecule has 0 spiro atoms. The molecule has 0 aromatic heterocycles. The topological polar surface area (TPSA) is 86.7 Å².